The Morgan fingerprint density at radius 2 is 1.75 bits per heavy atom. The quantitative estimate of drug-likeness (QED) is 0.672. The first-order chi connectivity index (χ1) is 9.42. The van der Waals surface area contributed by atoms with Crippen molar-refractivity contribution < 1.29 is 4.79 Å². The normalized spacial score (nSPS) is 11.6. The van der Waals surface area contributed by atoms with Gasteiger partial charge in [-0.3, -0.25) is 9.69 Å². The summed E-state index contributed by atoms with van der Waals surface area (Å²) in [5, 5.41) is 0. The highest BCUT2D eigenvalue weighted by Gasteiger charge is 2.18. The van der Waals surface area contributed by atoms with Crippen LogP contribution in [0.15, 0.2) is 6.07 Å². The summed E-state index contributed by atoms with van der Waals surface area (Å²) < 4.78 is 2.25. The van der Waals surface area contributed by atoms with E-state index in [1.807, 2.05) is 6.07 Å². The molecule has 0 aliphatic rings. The molecule has 0 saturated carbocycles. The second-order valence-corrected chi connectivity index (χ2v) is 5.95. The maximum Gasteiger partial charge on any atom is 0.178 e. The molecule has 0 amide bonds. The fraction of sp³-hybridized carbons (Fsp3) is 0.706. The number of rotatable bonds is 8. The third-order valence-corrected chi connectivity index (χ3v) is 3.75. The molecule has 0 radical (unpaired) electrons. The van der Waals surface area contributed by atoms with Gasteiger partial charge in [0.2, 0.25) is 0 Å². The minimum atomic E-state index is 0.256. The van der Waals surface area contributed by atoms with E-state index < -0.39 is 0 Å². The highest BCUT2D eigenvalue weighted by molar-refractivity contribution is 5.99. The van der Waals surface area contributed by atoms with Crippen molar-refractivity contribution in [1.82, 2.24) is 9.47 Å². The summed E-state index contributed by atoms with van der Waals surface area (Å²) in [4.78, 5) is 14.8. The van der Waals surface area contributed by atoms with E-state index in [1.54, 1.807) is 0 Å². The predicted octanol–water partition coefficient (Wildman–Crippen LogP) is 3.99. The summed E-state index contributed by atoms with van der Waals surface area (Å²) in [7, 11) is 0. The van der Waals surface area contributed by atoms with E-state index in [1.165, 1.54) is 5.69 Å². The molecule has 114 valence electrons. The topological polar surface area (TPSA) is 25.2 Å². The third kappa shape index (κ3) is 3.95. The largest absolute Gasteiger partial charge is 0.346 e. The highest BCUT2D eigenvalue weighted by atomic mass is 16.1. The summed E-state index contributed by atoms with van der Waals surface area (Å²) in [6.07, 6.45) is 2.19. The molecule has 1 aromatic rings. The molecule has 0 aliphatic heterocycles. The van der Waals surface area contributed by atoms with Gasteiger partial charge in [-0.2, -0.15) is 0 Å². The molecule has 0 atom stereocenters. The summed E-state index contributed by atoms with van der Waals surface area (Å²) in [6.45, 7) is 15.3. The molecule has 0 N–H and O–H groups in total. The number of ketones is 1. The Labute approximate surface area is 124 Å². The van der Waals surface area contributed by atoms with Crippen molar-refractivity contribution in [2.24, 2.45) is 0 Å². The zero-order chi connectivity index (χ0) is 15.3. The fourth-order valence-corrected chi connectivity index (χ4v) is 3.04. The van der Waals surface area contributed by atoms with Crippen LogP contribution in [0.4, 0.5) is 0 Å². The van der Waals surface area contributed by atoms with Crippen LogP contribution in [0.25, 0.3) is 0 Å². The van der Waals surface area contributed by atoms with Gasteiger partial charge in [-0.05, 0) is 59.7 Å². The first-order valence-electron chi connectivity index (χ1n) is 7.86. The van der Waals surface area contributed by atoms with Crippen LogP contribution < -0.4 is 0 Å². The van der Waals surface area contributed by atoms with Crippen molar-refractivity contribution in [2.45, 2.75) is 60.4 Å². The molecular formula is C17H30N2O. The van der Waals surface area contributed by atoms with E-state index in [2.05, 4.69) is 51.0 Å². The molecule has 0 aromatic carbocycles. The van der Waals surface area contributed by atoms with Crippen LogP contribution in [0.2, 0.25) is 0 Å². The molecule has 0 aliphatic carbocycles. The van der Waals surface area contributed by atoms with E-state index in [0.29, 0.717) is 12.6 Å². The molecule has 0 unspecified atom stereocenters. The molecule has 1 aromatic heterocycles. The minimum absolute atomic E-state index is 0.256. The Bertz CT molecular complexity index is 440. The zero-order valence-corrected chi connectivity index (χ0v) is 14.0. The Hall–Kier alpha value is -1.09. The highest BCUT2D eigenvalue weighted by Crippen LogP contribution is 2.20. The van der Waals surface area contributed by atoms with E-state index in [9.17, 15) is 4.79 Å². The summed E-state index contributed by atoms with van der Waals surface area (Å²) in [5.41, 5.74) is 3.18. The summed E-state index contributed by atoms with van der Waals surface area (Å²) >= 11 is 0. The van der Waals surface area contributed by atoms with Crippen molar-refractivity contribution in [1.29, 1.82) is 0 Å². The first-order valence-corrected chi connectivity index (χ1v) is 7.86. The van der Waals surface area contributed by atoms with Gasteiger partial charge in [-0.15, -0.1) is 0 Å². The molecule has 1 rings (SSSR count). The van der Waals surface area contributed by atoms with Crippen molar-refractivity contribution in [3.05, 3.63) is 23.0 Å². The fourth-order valence-electron chi connectivity index (χ4n) is 3.04. The van der Waals surface area contributed by atoms with Crippen LogP contribution in [0.1, 0.15) is 68.3 Å². The van der Waals surface area contributed by atoms with Gasteiger partial charge in [0, 0.05) is 23.0 Å². The van der Waals surface area contributed by atoms with Gasteiger partial charge >= 0.3 is 0 Å². The van der Waals surface area contributed by atoms with Gasteiger partial charge in [0.25, 0.3) is 0 Å². The number of aromatic nitrogens is 1. The number of nitrogens with zero attached hydrogens (tertiary/aromatic N) is 2. The smallest absolute Gasteiger partial charge is 0.178 e. The first kappa shape index (κ1) is 17.0. The maximum absolute atomic E-state index is 12.6. The Morgan fingerprint density at radius 1 is 1.20 bits per heavy atom. The lowest BCUT2D eigenvalue weighted by Gasteiger charge is -2.20. The number of hydrogen-bond donors (Lipinski definition) is 0. The number of Topliss-reactive ketones (excluding diaryl/α,β-unsaturated/α-hetero) is 1. The molecular weight excluding hydrogens is 248 g/mol. The predicted molar refractivity (Wildman–Crippen MR) is 85.6 cm³/mol. The van der Waals surface area contributed by atoms with Crippen molar-refractivity contribution >= 4 is 5.78 Å². The molecule has 1 heterocycles. The van der Waals surface area contributed by atoms with Crippen LogP contribution in [0.3, 0.4) is 0 Å². The average Bonchev–Trinajstić information content (AvgIpc) is 2.65. The number of carbonyl (C=O) groups excluding carboxylic acids is 1. The molecule has 3 heteroatoms. The molecule has 20 heavy (non-hydrogen) atoms. The second-order valence-electron chi connectivity index (χ2n) is 5.95. The lowest BCUT2D eigenvalue weighted by molar-refractivity contribution is 0.0930. The van der Waals surface area contributed by atoms with Crippen molar-refractivity contribution in [3.63, 3.8) is 0 Å². The molecule has 3 nitrogen and oxygen atoms in total. The summed E-state index contributed by atoms with van der Waals surface area (Å²) in [5.74, 6) is 0.256. The van der Waals surface area contributed by atoms with E-state index in [-0.39, 0.29) is 5.78 Å². The number of carbonyl (C=O) groups is 1. The summed E-state index contributed by atoms with van der Waals surface area (Å²) in [6, 6.07) is 2.45. The van der Waals surface area contributed by atoms with Crippen LogP contribution >= 0.6 is 0 Å². The lowest BCUT2D eigenvalue weighted by atomic mass is 10.1. The van der Waals surface area contributed by atoms with Crippen LogP contribution in [0, 0.1) is 13.8 Å². The van der Waals surface area contributed by atoms with Crippen molar-refractivity contribution in [3.8, 4) is 0 Å². The van der Waals surface area contributed by atoms with E-state index in [4.69, 9.17) is 0 Å². The van der Waals surface area contributed by atoms with Crippen LogP contribution in [0.5, 0.6) is 0 Å². The van der Waals surface area contributed by atoms with E-state index >= 15 is 0 Å². The molecule has 0 fully saturated rings. The molecule has 0 bridgehead atoms. The second kappa shape index (κ2) is 7.63. The number of aryl methyl sites for hydroxylation is 1. The zero-order valence-electron chi connectivity index (χ0n) is 14.0. The average molecular weight is 278 g/mol. The van der Waals surface area contributed by atoms with Gasteiger partial charge < -0.3 is 4.57 Å². The molecule has 0 spiro atoms. The minimum Gasteiger partial charge on any atom is -0.346 e. The standard InChI is InChI=1S/C17H30N2O/c1-7-9-18(10-8-2)12-17(20)16-11-14(5)19(13(3)4)15(16)6/h11,13H,7-10,12H2,1-6H3. The van der Waals surface area contributed by atoms with Gasteiger partial charge in [0.15, 0.2) is 5.78 Å². The lowest BCUT2D eigenvalue weighted by Crippen LogP contribution is -2.31. The van der Waals surface area contributed by atoms with Gasteiger partial charge in [-0.25, -0.2) is 0 Å². The van der Waals surface area contributed by atoms with Gasteiger partial charge in [-0.1, -0.05) is 13.8 Å². The Morgan fingerprint density at radius 3 is 2.15 bits per heavy atom. The van der Waals surface area contributed by atoms with Gasteiger partial charge in [0.1, 0.15) is 0 Å². The third-order valence-electron chi connectivity index (χ3n) is 3.75. The Kier molecular flexibility index (Phi) is 6.47. The SMILES string of the molecule is CCCN(CCC)CC(=O)c1cc(C)n(C(C)C)c1C. The maximum atomic E-state index is 12.6. The van der Waals surface area contributed by atoms with Gasteiger partial charge in [0.05, 0.1) is 6.54 Å². The monoisotopic (exact) mass is 278 g/mol. The Balaban J connectivity index is 2.89. The van der Waals surface area contributed by atoms with Crippen LogP contribution in [-0.4, -0.2) is 34.9 Å². The van der Waals surface area contributed by atoms with Crippen LogP contribution in [-0.2, 0) is 0 Å². The number of hydrogen-bond acceptors (Lipinski definition) is 2. The van der Waals surface area contributed by atoms with E-state index in [0.717, 1.165) is 37.2 Å². The van der Waals surface area contributed by atoms with Crippen molar-refractivity contribution in [2.75, 3.05) is 19.6 Å². The molecule has 0 saturated heterocycles.